The fourth-order valence-electron chi connectivity index (χ4n) is 1.97. The molecule has 0 saturated carbocycles. The van der Waals surface area contributed by atoms with Crippen LogP contribution < -0.4 is 14.2 Å². The van der Waals surface area contributed by atoms with Crippen LogP contribution in [0.5, 0.6) is 17.2 Å². The quantitative estimate of drug-likeness (QED) is 0.842. The van der Waals surface area contributed by atoms with Gasteiger partial charge in [0, 0.05) is 12.5 Å². The first-order valence-corrected chi connectivity index (χ1v) is 6.02. The molecule has 0 radical (unpaired) electrons. The minimum Gasteiger partial charge on any atom is -0.493 e. The monoisotopic (exact) mass is 286 g/mol. The second-order valence-corrected chi connectivity index (χ2v) is 4.11. The second kappa shape index (κ2) is 5.96. The summed E-state index contributed by atoms with van der Waals surface area (Å²) < 4.78 is 34.2. The molecule has 0 bridgehead atoms. The van der Waals surface area contributed by atoms with E-state index in [4.69, 9.17) is 14.2 Å². The molecule has 1 heterocycles. The summed E-state index contributed by atoms with van der Waals surface area (Å²) in [7, 11) is 2.35. The summed E-state index contributed by atoms with van der Waals surface area (Å²) in [6, 6.07) is 1.10. The number of ether oxygens (including phenoxy) is 4. The van der Waals surface area contributed by atoms with Gasteiger partial charge in [0.15, 0.2) is 29.2 Å². The van der Waals surface area contributed by atoms with E-state index in [1.807, 2.05) is 0 Å². The lowest BCUT2D eigenvalue weighted by Crippen LogP contribution is -2.16. The van der Waals surface area contributed by atoms with Gasteiger partial charge in [-0.1, -0.05) is 0 Å². The summed E-state index contributed by atoms with van der Waals surface area (Å²) in [5.41, 5.74) is -0.128. The number of fused-ring (bicyclic) bond motifs is 1. The van der Waals surface area contributed by atoms with Crippen LogP contribution in [0, 0.1) is 5.82 Å². The number of hydrogen-bond acceptors (Lipinski definition) is 6. The smallest absolute Gasteiger partial charge is 0.339 e. The normalized spacial score (nSPS) is 15.2. The van der Waals surface area contributed by atoms with Crippen molar-refractivity contribution >= 4 is 5.97 Å². The third kappa shape index (κ3) is 2.49. The molecule has 0 aliphatic carbocycles. The molecule has 2 rings (SSSR count). The first-order chi connectivity index (χ1) is 9.60. The van der Waals surface area contributed by atoms with E-state index in [9.17, 15) is 14.3 Å². The number of benzene rings is 1. The highest BCUT2D eigenvalue weighted by Gasteiger charge is 2.32. The average molecular weight is 286 g/mol. The standard InChI is InChI=1S/C13H15FO6/c1-17-11-7(14)6-8-12(20-5-3-4-19-8)9(11)10(15)13(16)18-2/h6,10,15H,3-5H2,1-2H3. The van der Waals surface area contributed by atoms with Gasteiger partial charge in [-0.15, -0.1) is 0 Å². The Kier molecular flexibility index (Phi) is 4.29. The predicted octanol–water partition coefficient (Wildman–Crippen LogP) is 1.20. The van der Waals surface area contributed by atoms with Crippen LogP contribution in [0.3, 0.4) is 0 Å². The zero-order valence-corrected chi connectivity index (χ0v) is 11.1. The molecule has 0 saturated heterocycles. The van der Waals surface area contributed by atoms with Gasteiger partial charge in [-0.3, -0.25) is 0 Å². The molecule has 110 valence electrons. The molecule has 1 atom stereocenters. The van der Waals surface area contributed by atoms with Crippen LogP contribution in [0.2, 0.25) is 0 Å². The molecular formula is C13H15FO6. The van der Waals surface area contributed by atoms with Gasteiger partial charge in [0.2, 0.25) is 0 Å². The number of methoxy groups -OCH3 is 2. The first kappa shape index (κ1) is 14.4. The molecule has 1 unspecified atom stereocenters. The van der Waals surface area contributed by atoms with E-state index in [-0.39, 0.29) is 22.8 Å². The van der Waals surface area contributed by atoms with Crippen molar-refractivity contribution < 1.29 is 33.2 Å². The molecule has 7 heteroatoms. The Hall–Kier alpha value is -2.02. The van der Waals surface area contributed by atoms with Gasteiger partial charge in [-0.05, 0) is 0 Å². The van der Waals surface area contributed by atoms with Gasteiger partial charge in [-0.2, -0.15) is 0 Å². The van der Waals surface area contributed by atoms with Crippen LogP contribution in [-0.4, -0.2) is 38.5 Å². The maximum absolute atomic E-state index is 14.0. The van der Waals surface area contributed by atoms with Crippen molar-refractivity contribution in [2.24, 2.45) is 0 Å². The lowest BCUT2D eigenvalue weighted by atomic mass is 10.1. The molecule has 1 aliphatic heterocycles. The Labute approximate surface area is 115 Å². The number of esters is 1. The number of carbonyl (C=O) groups excluding carboxylic acids is 1. The predicted molar refractivity (Wildman–Crippen MR) is 65.5 cm³/mol. The van der Waals surface area contributed by atoms with Gasteiger partial charge >= 0.3 is 5.97 Å². The van der Waals surface area contributed by atoms with E-state index in [1.165, 1.54) is 7.11 Å². The van der Waals surface area contributed by atoms with Crippen LogP contribution in [0.1, 0.15) is 18.1 Å². The van der Waals surface area contributed by atoms with Gasteiger partial charge in [-0.25, -0.2) is 9.18 Å². The van der Waals surface area contributed by atoms with E-state index in [0.717, 1.165) is 13.2 Å². The SMILES string of the molecule is COC(=O)C(O)c1c(OC)c(F)cc2c1OCCCO2. The Bertz CT molecular complexity index is 516. The van der Waals surface area contributed by atoms with Gasteiger partial charge in [0.1, 0.15) is 0 Å². The molecule has 0 amide bonds. The summed E-state index contributed by atoms with van der Waals surface area (Å²) in [6.07, 6.45) is -1.12. The van der Waals surface area contributed by atoms with Crippen LogP contribution in [0.25, 0.3) is 0 Å². The number of hydrogen-bond donors (Lipinski definition) is 1. The first-order valence-electron chi connectivity index (χ1n) is 6.02. The largest absolute Gasteiger partial charge is 0.493 e. The van der Waals surface area contributed by atoms with E-state index in [1.54, 1.807) is 0 Å². The highest BCUT2D eigenvalue weighted by atomic mass is 19.1. The number of rotatable bonds is 3. The molecule has 20 heavy (non-hydrogen) atoms. The van der Waals surface area contributed by atoms with Crippen molar-refractivity contribution in [2.45, 2.75) is 12.5 Å². The number of carbonyl (C=O) groups is 1. The lowest BCUT2D eigenvalue weighted by Gasteiger charge is -2.19. The Morgan fingerprint density at radius 2 is 2.10 bits per heavy atom. The highest BCUT2D eigenvalue weighted by molar-refractivity contribution is 5.79. The lowest BCUT2D eigenvalue weighted by molar-refractivity contribution is -0.150. The highest BCUT2D eigenvalue weighted by Crippen LogP contribution is 2.44. The van der Waals surface area contributed by atoms with E-state index in [0.29, 0.717) is 19.6 Å². The molecular weight excluding hydrogens is 271 g/mol. The Morgan fingerprint density at radius 1 is 1.40 bits per heavy atom. The topological polar surface area (TPSA) is 74.2 Å². The molecule has 1 N–H and O–H groups in total. The summed E-state index contributed by atoms with van der Waals surface area (Å²) in [5.74, 6) is -1.75. The second-order valence-electron chi connectivity index (χ2n) is 4.11. The molecule has 1 aliphatic rings. The van der Waals surface area contributed by atoms with E-state index in [2.05, 4.69) is 4.74 Å². The average Bonchev–Trinajstić information content (AvgIpc) is 2.69. The zero-order valence-electron chi connectivity index (χ0n) is 11.1. The minimum atomic E-state index is -1.72. The molecule has 6 nitrogen and oxygen atoms in total. The van der Waals surface area contributed by atoms with Crippen LogP contribution in [0.15, 0.2) is 6.07 Å². The van der Waals surface area contributed by atoms with E-state index < -0.39 is 17.9 Å². The van der Waals surface area contributed by atoms with Gasteiger partial charge in [0.25, 0.3) is 0 Å². The van der Waals surface area contributed by atoms with Crippen molar-refractivity contribution in [2.75, 3.05) is 27.4 Å². The van der Waals surface area contributed by atoms with Crippen molar-refractivity contribution in [1.29, 1.82) is 0 Å². The van der Waals surface area contributed by atoms with Crippen molar-refractivity contribution in [3.63, 3.8) is 0 Å². The van der Waals surface area contributed by atoms with Crippen molar-refractivity contribution in [3.05, 3.63) is 17.4 Å². The molecule has 1 aromatic carbocycles. The van der Waals surface area contributed by atoms with E-state index >= 15 is 0 Å². The zero-order chi connectivity index (χ0) is 14.7. The third-order valence-corrected chi connectivity index (χ3v) is 2.88. The van der Waals surface area contributed by atoms with Crippen LogP contribution in [0.4, 0.5) is 4.39 Å². The Morgan fingerprint density at radius 3 is 2.75 bits per heavy atom. The number of halogens is 1. The Balaban J connectivity index is 2.61. The fourth-order valence-corrected chi connectivity index (χ4v) is 1.97. The van der Waals surface area contributed by atoms with Crippen LogP contribution in [-0.2, 0) is 9.53 Å². The van der Waals surface area contributed by atoms with Crippen LogP contribution >= 0.6 is 0 Å². The maximum atomic E-state index is 14.0. The molecule has 0 aromatic heterocycles. The molecule has 1 aromatic rings. The summed E-state index contributed by atoms with van der Waals surface area (Å²) in [4.78, 5) is 11.5. The molecule has 0 spiro atoms. The number of aliphatic hydroxyl groups is 1. The third-order valence-electron chi connectivity index (χ3n) is 2.88. The number of aliphatic hydroxyl groups excluding tert-OH is 1. The van der Waals surface area contributed by atoms with Crippen molar-refractivity contribution in [3.8, 4) is 17.2 Å². The molecule has 0 fully saturated rings. The minimum absolute atomic E-state index is 0.0960. The summed E-state index contributed by atoms with van der Waals surface area (Å²) in [5, 5.41) is 10.0. The van der Waals surface area contributed by atoms with Gasteiger partial charge < -0.3 is 24.1 Å². The van der Waals surface area contributed by atoms with Crippen molar-refractivity contribution in [1.82, 2.24) is 0 Å². The maximum Gasteiger partial charge on any atom is 0.339 e. The summed E-state index contributed by atoms with van der Waals surface area (Å²) >= 11 is 0. The van der Waals surface area contributed by atoms with Gasteiger partial charge in [0.05, 0.1) is 33.0 Å². The summed E-state index contributed by atoms with van der Waals surface area (Å²) in [6.45, 7) is 0.676. The fraction of sp³-hybridized carbons (Fsp3) is 0.462.